The third-order valence-electron chi connectivity index (χ3n) is 3.23. The Bertz CT molecular complexity index is 329. The van der Waals surface area contributed by atoms with Gasteiger partial charge in [-0.3, -0.25) is 14.5 Å². The summed E-state index contributed by atoms with van der Waals surface area (Å²) in [5.41, 5.74) is -0.480. The van der Waals surface area contributed by atoms with E-state index in [2.05, 4.69) is 11.8 Å². The number of ether oxygens (including phenoxy) is 1. The van der Waals surface area contributed by atoms with E-state index in [1.807, 2.05) is 25.7 Å². The number of piperazine rings is 1. The molecule has 0 spiro atoms. The van der Waals surface area contributed by atoms with Crippen LogP contribution < -0.4 is 0 Å². The number of carbonyl (C=O) groups is 2. The number of hydrogen-bond donors (Lipinski definition) is 0. The van der Waals surface area contributed by atoms with Gasteiger partial charge in [-0.25, -0.2) is 0 Å². The van der Waals surface area contributed by atoms with Crippen LogP contribution in [0.25, 0.3) is 0 Å². The van der Waals surface area contributed by atoms with Gasteiger partial charge in [-0.15, -0.1) is 0 Å². The summed E-state index contributed by atoms with van der Waals surface area (Å²) in [5.74, 6) is -0.234. The summed E-state index contributed by atoms with van der Waals surface area (Å²) < 4.78 is 5.21. The molecule has 0 unspecified atom stereocenters. The van der Waals surface area contributed by atoms with E-state index in [4.69, 9.17) is 4.74 Å². The first-order chi connectivity index (χ1) is 9.31. The van der Waals surface area contributed by atoms with E-state index in [1.54, 1.807) is 0 Å². The van der Waals surface area contributed by atoms with Crippen molar-refractivity contribution in [2.45, 2.75) is 52.6 Å². The van der Waals surface area contributed by atoms with Crippen LogP contribution in [0.15, 0.2) is 0 Å². The molecule has 0 bridgehead atoms. The minimum absolute atomic E-state index is 0.0620. The molecule has 1 saturated heterocycles. The van der Waals surface area contributed by atoms with Gasteiger partial charge in [-0.05, 0) is 33.7 Å². The molecule has 1 rings (SSSR count). The molecule has 5 heteroatoms. The van der Waals surface area contributed by atoms with Crippen molar-refractivity contribution < 1.29 is 14.3 Å². The Balaban J connectivity index is 2.25. The third kappa shape index (κ3) is 6.37. The van der Waals surface area contributed by atoms with E-state index in [9.17, 15) is 9.59 Å². The second-order valence-electron chi connectivity index (χ2n) is 6.31. The van der Waals surface area contributed by atoms with E-state index in [0.717, 1.165) is 39.1 Å². The van der Waals surface area contributed by atoms with Crippen LogP contribution >= 0.6 is 0 Å². The Morgan fingerprint density at radius 3 is 2.15 bits per heavy atom. The maximum absolute atomic E-state index is 12.0. The van der Waals surface area contributed by atoms with Crippen LogP contribution in [0.2, 0.25) is 0 Å². The van der Waals surface area contributed by atoms with Crippen molar-refractivity contribution in [3.05, 3.63) is 0 Å². The molecule has 0 radical (unpaired) electrons. The molecule has 116 valence electrons. The molecule has 5 nitrogen and oxygen atoms in total. The van der Waals surface area contributed by atoms with Gasteiger partial charge < -0.3 is 9.64 Å². The molecule has 1 fully saturated rings. The second-order valence-corrected chi connectivity index (χ2v) is 6.31. The summed E-state index contributed by atoms with van der Waals surface area (Å²) >= 11 is 0. The van der Waals surface area contributed by atoms with Crippen molar-refractivity contribution >= 4 is 11.9 Å². The molecular formula is C15H28N2O3. The van der Waals surface area contributed by atoms with E-state index in [-0.39, 0.29) is 24.7 Å². The summed E-state index contributed by atoms with van der Waals surface area (Å²) in [6.45, 7) is 12.2. The van der Waals surface area contributed by atoms with Crippen LogP contribution in [0.3, 0.4) is 0 Å². The van der Waals surface area contributed by atoms with Crippen LogP contribution in [0.1, 0.15) is 47.0 Å². The average Bonchev–Trinajstić information content (AvgIpc) is 2.35. The van der Waals surface area contributed by atoms with Crippen molar-refractivity contribution in [3.63, 3.8) is 0 Å². The molecule has 1 aliphatic heterocycles. The molecule has 0 saturated carbocycles. The number of amides is 1. The van der Waals surface area contributed by atoms with Gasteiger partial charge in [0.15, 0.2) is 0 Å². The van der Waals surface area contributed by atoms with Gasteiger partial charge in [-0.1, -0.05) is 6.92 Å². The highest BCUT2D eigenvalue weighted by atomic mass is 16.6. The summed E-state index contributed by atoms with van der Waals surface area (Å²) in [6, 6.07) is 0. The number of hydrogen-bond acceptors (Lipinski definition) is 4. The van der Waals surface area contributed by atoms with Crippen molar-refractivity contribution in [1.29, 1.82) is 0 Å². The molecule has 1 heterocycles. The van der Waals surface area contributed by atoms with Gasteiger partial charge in [-0.2, -0.15) is 0 Å². The van der Waals surface area contributed by atoms with Gasteiger partial charge in [0, 0.05) is 32.6 Å². The quantitative estimate of drug-likeness (QED) is 0.721. The number of nitrogens with zero attached hydrogens (tertiary/aromatic N) is 2. The normalized spacial score (nSPS) is 17.1. The number of rotatable bonds is 5. The van der Waals surface area contributed by atoms with Crippen molar-refractivity contribution in [2.75, 3.05) is 32.7 Å². The highest BCUT2D eigenvalue weighted by Crippen LogP contribution is 2.11. The fraction of sp³-hybridized carbons (Fsp3) is 0.867. The first-order valence-electron chi connectivity index (χ1n) is 7.54. The van der Waals surface area contributed by atoms with E-state index >= 15 is 0 Å². The minimum Gasteiger partial charge on any atom is -0.460 e. The zero-order valence-corrected chi connectivity index (χ0v) is 13.3. The standard InChI is InChI=1S/C15H28N2O3/c1-5-8-16-9-11-17(12-10-16)13(18)6-7-14(19)20-15(2,3)4/h5-12H2,1-4H3. The first-order valence-corrected chi connectivity index (χ1v) is 7.54. The van der Waals surface area contributed by atoms with E-state index in [0.29, 0.717) is 0 Å². The van der Waals surface area contributed by atoms with Gasteiger partial charge in [0.1, 0.15) is 5.60 Å². The topological polar surface area (TPSA) is 49.9 Å². The molecule has 20 heavy (non-hydrogen) atoms. The lowest BCUT2D eigenvalue weighted by Gasteiger charge is -2.34. The largest absolute Gasteiger partial charge is 0.460 e. The number of esters is 1. The van der Waals surface area contributed by atoms with E-state index in [1.165, 1.54) is 0 Å². The Hall–Kier alpha value is -1.10. The lowest BCUT2D eigenvalue weighted by atomic mass is 10.2. The Labute approximate surface area is 122 Å². The maximum atomic E-state index is 12.0. The molecular weight excluding hydrogens is 256 g/mol. The van der Waals surface area contributed by atoms with Crippen LogP contribution in [-0.2, 0) is 14.3 Å². The predicted octanol–water partition coefficient (Wildman–Crippen LogP) is 1.66. The van der Waals surface area contributed by atoms with Gasteiger partial charge in [0.25, 0.3) is 0 Å². The lowest BCUT2D eigenvalue weighted by molar-refractivity contribution is -0.156. The molecule has 0 aromatic heterocycles. The summed E-state index contributed by atoms with van der Waals surface area (Å²) in [5, 5.41) is 0. The zero-order valence-electron chi connectivity index (χ0n) is 13.3. The molecule has 0 N–H and O–H groups in total. The maximum Gasteiger partial charge on any atom is 0.306 e. The first kappa shape index (κ1) is 17.0. The highest BCUT2D eigenvalue weighted by Gasteiger charge is 2.22. The lowest BCUT2D eigenvalue weighted by Crippen LogP contribution is -2.48. The van der Waals surface area contributed by atoms with Crippen LogP contribution in [0.5, 0.6) is 0 Å². The SMILES string of the molecule is CCCN1CCN(C(=O)CCC(=O)OC(C)(C)C)CC1. The average molecular weight is 284 g/mol. The van der Waals surface area contributed by atoms with Crippen LogP contribution in [0, 0.1) is 0 Å². The van der Waals surface area contributed by atoms with E-state index < -0.39 is 5.60 Å². The summed E-state index contributed by atoms with van der Waals surface area (Å²) in [6.07, 6.45) is 1.57. The molecule has 0 aromatic rings. The van der Waals surface area contributed by atoms with Crippen molar-refractivity contribution in [3.8, 4) is 0 Å². The fourth-order valence-electron chi connectivity index (χ4n) is 2.30. The zero-order chi connectivity index (χ0) is 15.2. The minimum atomic E-state index is -0.480. The Kier molecular flexibility index (Phi) is 6.46. The van der Waals surface area contributed by atoms with Gasteiger partial charge in [0.2, 0.25) is 5.91 Å². The molecule has 0 aromatic carbocycles. The van der Waals surface area contributed by atoms with Crippen LogP contribution in [0.4, 0.5) is 0 Å². The summed E-state index contributed by atoms with van der Waals surface area (Å²) in [4.78, 5) is 27.8. The molecule has 1 amide bonds. The van der Waals surface area contributed by atoms with Crippen molar-refractivity contribution in [2.24, 2.45) is 0 Å². The smallest absolute Gasteiger partial charge is 0.306 e. The summed E-state index contributed by atoms with van der Waals surface area (Å²) in [7, 11) is 0. The molecule has 1 aliphatic rings. The fourth-order valence-corrected chi connectivity index (χ4v) is 2.30. The molecule has 0 atom stereocenters. The monoisotopic (exact) mass is 284 g/mol. The Morgan fingerprint density at radius 1 is 1.05 bits per heavy atom. The second kappa shape index (κ2) is 7.62. The third-order valence-corrected chi connectivity index (χ3v) is 3.23. The predicted molar refractivity (Wildman–Crippen MR) is 78.4 cm³/mol. The highest BCUT2D eigenvalue weighted by molar-refractivity contribution is 5.81. The van der Waals surface area contributed by atoms with Gasteiger partial charge >= 0.3 is 5.97 Å². The van der Waals surface area contributed by atoms with Gasteiger partial charge in [0.05, 0.1) is 6.42 Å². The Morgan fingerprint density at radius 2 is 1.65 bits per heavy atom. The number of carbonyl (C=O) groups excluding carboxylic acids is 2. The molecule has 0 aliphatic carbocycles. The van der Waals surface area contributed by atoms with Crippen molar-refractivity contribution in [1.82, 2.24) is 9.80 Å². The van der Waals surface area contributed by atoms with Crippen LogP contribution in [-0.4, -0.2) is 60.0 Å².